The number of nitrogens with zero attached hydrogens (tertiary/aromatic N) is 3. The van der Waals surface area contributed by atoms with Gasteiger partial charge in [-0.05, 0) is 29.8 Å². The Morgan fingerprint density at radius 2 is 2.00 bits per heavy atom. The first kappa shape index (κ1) is 17.8. The minimum absolute atomic E-state index is 0.151. The smallest absolute Gasteiger partial charge is 0.293 e. The number of rotatable bonds is 6. The predicted molar refractivity (Wildman–Crippen MR) is 101 cm³/mol. The topological polar surface area (TPSA) is 90.1 Å². The lowest BCUT2D eigenvalue weighted by Gasteiger charge is -2.09. The maximum atomic E-state index is 12.5. The van der Waals surface area contributed by atoms with E-state index in [9.17, 15) is 14.9 Å². The van der Waals surface area contributed by atoms with Crippen molar-refractivity contribution in [3.63, 3.8) is 0 Å². The molecule has 1 heterocycles. The highest BCUT2D eigenvalue weighted by Crippen LogP contribution is 2.27. The van der Waals surface area contributed by atoms with E-state index in [1.54, 1.807) is 29.9 Å². The maximum absolute atomic E-state index is 12.5. The van der Waals surface area contributed by atoms with E-state index in [-0.39, 0.29) is 22.9 Å². The number of nitro benzene ring substituents is 1. The SMILES string of the molecule is Cn1ccnc1C(=O)c1ccc(NCc2ccc(Br)cc2)c([N+](=O)[O-])c1. The fourth-order valence-electron chi connectivity index (χ4n) is 2.49. The summed E-state index contributed by atoms with van der Waals surface area (Å²) < 4.78 is 2.54. The number of nitrogens with one attached hydrogen (secondary N) is 1. The molecule has 0 bridgehead atoms. The molecule has 0 saturated heterocycles. The summed E-state index contributed by atoms with van der Waals surface area (Å²) >= 11 is 3.37. The predicted octanol–water partition coefficient (Wildman–Crippen LogP) is 3.93. The van der Waals surface area contributed by atoms with Crippen LogP contribution < -0.4 is 5.32 Å². The van der Waals surface area contributed by atoms with Crippen molar-refractivity contribution in [1.29, 1.82) is 0 Å². The van der Waals surface area contributed by atoms with Crippen LogP contribution in [0.5, 0.6) is 0 Å². The van der Waals surface area contributed by atoms with Crippen LogP contribution in [0, 0.1) is 10.1 Å². The van der Waals surface area contributed by atoms with Crippen LogP contribution in [0.1, 0.15) is 21.7 Å². The Hall–Kier alpha value is -3.00. The number of benzene rings is 2. The largest absolute Gasteiger partial charge is 0.375 e. The van der Waals surface area contributed by atoms with E-state index in [0.717, 1.165) is 10.0 Å². The molecule has 8 heteroatoms. The third-order valence-corrected chi connectivity index (χ3v) is 4.41. The lowest BCUT2D eigenvalue weighted by molar-refractivity contribution is -0.384. The number of hydrogen-bond acceptors (Lipinski definition) is 5. The fraction of sp³-hybridized carbons (Fsp3) is 0.111. The summed E-state index contributed by atoms with van der Waals surface area (Å²) in [6.07, 6.45) is 3.16. The summed E-state index contributed by atoms with van der Waals surface area (Å²) in [6.45, 7) is 0.431. The van der Waals surface area contributed by atoms with Crippen LogP contribution >= 0.6 is 15.9 Å². The molecule has 0 unspecified atom stereocenters. The first-order chi connectivity index (χ1) is 12.5. The molecule has 3 rings (SSSR count). The molecular formula is C18H15BrN4O3. The van der Waals surface area contributed by atoms with Crippen LogP contribution in [0.3, 0.4) is 0 Å². The Morgan fingerprint density at radius 3 is 2.62 bits per heavy atom. The zero-order chi connectivity index (χ0) is 18.7. The average molecular weight is 415 g/mol. The van der Waals surface area contributed by atoms with Gasteiger partial charge in [-0.25, -0.2) is 4.98 Å². The Morgan fingerprint density at radius 1 is 1.27 bits per heavy atom. The zero-order valence-electron chi connectivity index (χ0n) is 13.8. The number of halogens is 1. The standard InChI is InChI=1S/C18H15BrN4O3/c1-22-9-8-20-18(22)17(24)13-4-7-15(16(10-13)23(25)26)21-11-12-2-5-14(19)6-3-12/h2-10,21H,11H2,1H3. The molecule has 1 aromatic heterocycles. The molecule has 0 aliphatic carbocycles. The average Bonchev–Trinajstić information content (AvgIpc) is 3.06. The molecule has 0 aliphatic rings. The highest BCUT2D eigenvalue weighted by atomic mass is 79.9. The Bertz CT molecular complexity index is 967. The van der Waals surface area contributed by atoms with Gasteiger partial charge in [-0.1, -0.05) is 28.1 Å². The van der Waals surface area contributed by atoms with Gasteiger partial charge < -0.3 is 9.88 Å². The van der Waals surface area contributed by atoms with Crippen molar-refractivity contribution in [3.8, 4) is 0 Å². The van der Waals surface area contributed by atoms with E-state index in [1.807, 2.05) is 24.3 Å². The quantitative estimate of drug-likeness (QED) is 0.374. The molecule has 0 spiro atoms. The van der Waals surface area contributed by atoms with Crippen LogP contribution in [0.25, 0.3) is 0 Å². The number of aryl methyl sites for hydroxylation is 1. The van der Waals surface area contributed by atoms with Crippen molar-refractivity contribution >= 4 is 33.1 Å². The summed E-state index contributed by atoms with van der Waals surface area (Å²) in [6, 6.07) is 12.0. The van der Waals surface area contributed by atoms with E-state index in [2.05, 4.69) is 26.2 Å². The zero-order valence-corrected chi connectivity index (χ0v) is 15.4. The van der Waals surface area contributed by atoms with Crippen LogP contribution in [-0.4, -0.2) is 20.3 Å². The fourth-order valence-corrected chi connectivity index (χ4v) is 2.75. The first-order valence-electron chi connectivity index (χ1n) is 7.74. The number of anilines is 1. The summed E-state index contributed by atoms with van der Waals surface area (Å²) in [5.41, 5.74) is 1.41. The first-order valence-corrected chi connectivity index (χ1v) is 8.54. The lowest BCUT2D eigenvalue weighted by atomic mass is 10.1. The molecule has 0 aliphatic heterocycles. The van der Waals surface area contributed by atoms with Gasteiger partial charge in [0, 0.05) is 42.1 Å². The lowest BCUT2D eigenvalue weighted by Crippen LogP contribution is -2.10. The summed E-state index contributed by atoms with van der Waals surface area (Å²) in [4.78, 5) is 27.4. The Labute approximate surface area is 158 Å². The van der Waals surface area contributed by atoms with Gasteiger partial charge in [0.05, 0.1) is 4.92 Å². The van der Waals surface area contributed by atoms with Crippen molar-refractivity contribution in [2.75, 3.05) is 5.32 Å². The Balaban J connectivity index is 1.85. The van der Waals surface area contributed by atoms with Crippen LogP contribution in [0.2, 0.25) is 0 Å². The number of aromatic nitrogens is 2. The van der Waals surface area contributed by atoms with Crippen molar-refractivity contribution in [3.05, 3.63) is 86.4 Å². The number of nitro groups is 1. The van der Waals surface area contributed by atoms with Gasteiger partial charge in [0.25, 0.3) is 5.69 Å². The number of hydrogen-bond donors (Lipinski definition) is 1. The monoisotopic (exact) mass is 414 g/mol. The van der Waals surface area contributed by atoms with Crippen molar-refractivity contribution in [2.24, 2.45) is 7.05 Å². The molecule has 1 N–H and O–H groups in total. The Kier molecular flexibility index (Phi) is 5.13. The third-order valence-electron chi connectivity index (χ3n) is 3.88. The molecule has 26 heavy (non-hydrogen) atoms. The second kappa shape index (κ2) is 7.49. The molecule has 0 saturated carbocycles. The van der Waals surface area contributed by atoms with Gasteiger partial charge in [-0.15, -0.1) is 0 Å². The summed E-state index contributed by atoms with van der Waals surface area (Å²) in [5.74, 6) is -0.130. The van der Waals surface area contributed by atoms with E-state index in [4.69, 9.17) is 0 Å². The van der Waals surface area contributed by atoms with Gasteiger partial charge in [0.1, 0.15) is 5.69 Å². The molecule has 7 nitrogen and oxygen atoms in total. The molecule has 132 valence electrons. The highest BCUT2D eigenvalue weighted by Gasteiger charge is 2.20. The van der Waals surface area contributed by atoms with Crippen molar-refractivity contribution in [2.45, 2.75) is 6.54 Å². The van der Waals surface area contributed by atoms with E-state index >= 15 is 0 Å². The highest BCUT2D eigenvalue weighted by molar-refractivity contribution is 9.10. The van der Waals surface area contributed by atoms with Crippen LogP contribution in [0.4, 0.5) is 11.4 Å². The second-order valence-electron chi connectivity index (χ2n) is 5.66. The minimum Gasteiger partial charge on any atom is -0.375 e. The molecule has 3 aromatic rings. The van der Waals surface area contributed by atoms with E-state index in [0.29, 0.717) is 12.2 Å². The molecule has 0 fully saturated rings. The number of carbonyl (C=O) groups excluding carboxylic acids is 1. The van der Waals surface area contributed by atoms with Gasteiger partial charge in [-0.2, -0.15) is 0 Å². The van der Waals surface area contributed by atoms with Gasteiger partial charge in [0.15, 0.2) is 5.82 Å². The van der Waals surface area contributed by atoms with E-state index in [1.165, 1.54) is 12.3 Å². The third kappa shape index (κ3) is 3.80. The molecule has 0 amide bonds. The minimum atomic E-state index is -0.501. The van der Waals surface area contributed by atoms with Gasteiger partial charge in [0.2, 0.25) is 5.78 Å². The number of carbonyl (C=O) groups is 1. The van der Waals surface area contributed by atoms with Crippen LogP contribution in [-0.2, 0) is 13.6 Å². The van der Waals surface area contributed by atoms with Crippen molar-refractivity contribution < 1.29 is 9.72 Å². The second-order valence-corrected chi connectivity index (χ2v) is 6.58. The number of ketones is 1. The maximum Gasteiger partial charge on any atom is 0.293 e. The molecule has 0 atom stereocenters. The number of imidazole rings is 1. The van der Waals surface area contributed by atoms with Crippen molar-refractivity contribution in [1.82, 2.24) is 9.55 Å². The summed E-state index contributed by atoms with van der Waals surface area (Å²) in [7, 11) is 1.70. The summed E-state index contributed by atoms with van der Waals surface area (Å²) in [5, 5.41) is 14.5. The van der Waals surface area contributed by atoms with E-state index < -0.39 is 4.92 Å². The molecule has 0 radical (unpaired) electrons. The normalized spacial score (nSPS) is 10.5. The molecular weight excluding hydrogens is 400 g/mol. The van der Waals surface area contributed by atoms with Crippen LogP contribution in [0.15, 0.2) is 59.3 Å². The molecule has 2 aromatic carbocycles. The van der Waals surface area contributed by atoms with Gasteiger partial charge >= 0.3 is 0 Å². The van der Waals surface area contributed by atoms with Gasteiger partial charge in [-0.3, -0.25) is 14.9 Å².